The number of hydrogen-bond acceptors (Lipinski definition) is 0. The number of rotatable bonds is 0. The molecule has 4 unspecified atom stereocenters. The molecular formula is C30H24Si. The van der Waals surface area contributed by atoms with Gasteiger partial charge in [-0.2, -0.15) is 0 Å². The summed E-state index contributed by atoms with van der Waals surface area (Å²) in [5.41, 5.74) is 12.4. The minimum Gasteiger partial charge on any atom is -0.0754 e. The number of allylic oxidation sites excluding steroid dienone is 6. The van der Waals surface area contributed by atoms with E-state index in [1.54, 1.807) is 27.8 Å². The van der Waals surface area contributed by atoms with Crippen LogP contribution in [0.25, 0.3) is 5.57 Å². The van der Waals surface area contributed by atoms with Gasteiger partial charge in [0.25, 0.3) is 0 Å². The van der Waals surface area contributed by atoms with E-state index in [4.69, 9.17) is 0 Å². The highest BCUT2D eigenvalue weighted by Gasteiger charge is 2.86. The summed E-state index contributed by atoms with van der Waals surface area (Å²) in [7, 11) is -1.80. The molecule has 0 aromatic heterocycles. The van der Waals surface area contributed by atoms with Crippen LogP contribution in [0.5, 0.6) is 0 Å². The molecule has 3 aromatic rings. The number of hydrogen-bond donors (Lipinski definition) is 0. The van der Waals surface area contributed by atoms with Crippen molar-refractivity contribution in [3.63, 3.8) is 0 Å². The maximum Gasteiger partial charge on any atom is 0.0823 e. The van der Waals surface area contributed by atoms with Crippen LogP contribution in [0, 0.1) is 0 Å². The molecule has 4 aliphatic carbocycles. The Morgan fingerprint density at radius 1 is 0.710 bits per heavy atom. The van der Waals surface area contributed by atoms with Gasteiger partial charge in [-0.05, 0) is 44.5 Å². The maximum atomic E-state index is 2.66. The molecule has 1 aliphatic heterocycles. The SMILES string of the molecule is C[Si]1(C)C23C=CC4=C5c6ccccc6C(c6ccccc6C521)C(/C=C/4)c1ccccc13. The molecule has 0 nitrogen and oxygen atoms in total. The van der Waals surface area contributed by atoms with E-state index >= 15 is 0 Å². The van der Waals surface area contributed by atoms with Crippen LogP contribution in [0.1, 0.15) is 45.2 Å². The predicted molar refractivity (Wildman–Crippen MR) is 130 cm³/mol. The molecule has 1 heteroatoms. The molecule has 1 heterocycles. The van der Waals surface area contributed by atoms with Gasteiger partial charge in [0.2, 0.25) is 0 Å². The van der Waals surface area contributed by atoms with Crippen LogP contribution in [0.3, 0.4) is 0 Å². The summed E-state index contributed by atoms with van der Waals surface area (Å²) < 4.78 is 0. The highest BCUT2D eigenvalue weighted by molar-refractivity contribution is 6.97. The predicted octanol–water partition coefficient (Wildman–Crippen LogP) is 6.80. The van der Waals surface area contributed by atoms with E-state index in [1.807, 2.05) is 0 Å². The third-order valence-electron chi connectivity index (χ3n) is 9.48. The van der Waals surface area contributed by atoms with Gasteiger partial charge in [-0.15, -0.1) is 0 Å². The second kappa shape index (κ2) is 4.94. The van der Waals surface area contributed by atoms with Gasteiger partial charge in [0.05, 0.1) is 8.07 Å². The van der Waals surface area contributed by atoms with Crippen molar-refractivity contribution in [1.29, 1.82) is 0 Å². The van der Waals surface area contributed by atoms with Gasteiger partial charge in [0.15, 0.2) is 0 Å². The van der Waals surface area contributed by atoms with E-state index in [9.17, 15) is 0 Å². The second-order valence-electron chi connectivity index (χ2n) is 10.5. The number of fused-ring (bicyclic) bond motifs is 2. The fourth-order valence-electron chi connectivity index (χ4n) is 8.48. The second-order valence-corrected chi connectivity index (χ2v) is 15.3. The molecule has 0 saturated carbocycles. The molecule has 0 amide bonds. The van der Waals surface area contributed by atoms with Gasteiger partial charge >= 0.3 is 0 Å². The Kier molecular flexibility index (Phi) is 2.67. The zero-order chi connectivity index (χ0) is 20.6. The summed E-state index contributed by atoms with van der Waals surface area (Å²) in [6, 6.07) is 28.3. The normalized spacial score (nSPS) is 34.6. The van der Waals surface area contributed by atoms with Crippen LogP contribution in [-0.2, 0) is 10.1 Å². The molecule has 5 aliphatic rings. The van der Waals surface area contributed by atoms with E-state index in [1.165, 1.54) is 16.7 Å². The van der Waals surface area contributed by atoms with Gasteiger partial charge in [0, 0.05) is 21.9 Å². The lowest BCUT2D eigenvalue weighted by Gasteiger charge is -2.36. The van der Waals surface area contributed by atoms with E-state index < -0.39 is 8.07 Å². The van der Waals surface area contributed by atoms with Crippen LogP contribution < -0.4 is 0 Å². The Bertz CT molecular complexity index is 1430. The van der Waals surface area contributed by atoms with E-state index in [0.29, 0.717) is 11.8 Å². The highest BCUT2D eigenvalue weighted by Crippen LogP contribution is 2.81. The van der Waals surface area contributed by atoms with Crippen molar-refractivity contribution in [1.82, 2.24) is 0 Å². The topological polar surface area (TPSA) is 0 Å². The first kappa shape index (κ1) is 16.7. The molecule has 1 spiro atoms. The molecular weight excluding hydrogens is 388 g/mol. The Hall–Kier alpha value is -2.90. The van der Waals surface area contributed by atoms with Crippen molar-refractivity contribution in [2.24, 2.45) is 0 Å². The lowest BCUT2D eigenvalue weighted by molar-refractivity contribution is 0.653. The zero-order valence-electron chi connectivity index (χ0n) is 17.9. The standard InChI is InChI=1S/C30H24Si/c1-31(2)29-18-17-19-15-16-22(20-9-5-7-13-25(20)29)27-21-10-3-4-11-23(21)28(19)30(29,31)26-14-8-6-12-24(26)27/h3-18,22,27H,1-2H3/b16-15+. The summed E-state index contributed by atoms with van der Waals surface area (Å²) in [6.07, 6.45) is 10.1. The first-order valence-corrected chi connectivity index (χ1v) is 14.5. The van der Waals surface area contributed by atoms with Crippen molar-refractivity contribution in [3.8, 4) is 0 Å². The van der Waals surface area contributed by atoms with Gasteiger partial charge < -0.3 is 0 Å². The lowest BCUT2D eigenvalue weighted by Crippen LogP contribution is -2.28. The maximum absolute atomic E-state index is 2.66. The molecule has 31 heavy (non-hydrogen) atoms. The van der Waals surface area contributed by atoms with Gasteiger partial charge in [-0.3, -0.25) is 0 Å². The first-order valence-electron chi connectivity index (χ1n) is 11.5. The lowest BCUT2D eigenvalue weighted by atomic mass is 9.67. The summed E-state index contributed by atoms with van der Waals surface area (Å²) in [5, 5.41) is 0.222. The van der Waals surface area contributed by atoms with Crippen molar-refractivity contribution >= 4 is 13.6 Å². The molecule has 1 saturated heterocycles. The van der Waals surface area contributed by atoms with E-state index in [0.717, 1.165) is 0 Å². The third kappa shape index (κ3) is 1.46. The largest absolute Gasteiger partial charge is 0.0823 e. The van der Waals surface area contributed by atoms with Crippen LogP contribution in [-0.4, -0.2) is 8.07 Å². The van der Waals surface area contributed by atoms with E-state index in [-0.39, 0.29) is 10.1 Å². The quantitative estimate of drug-likeness (QED) is 0.356. The Balaban J connectivity index is 1.72. The fraction of sp³-hybridized carbons (Fsp3) is 0.200. The molecule has 8 rings (SSSR count). The van der Waals surface area contributed by atoms with E-state index in [2.05, 4.69) is 110 Å². The molecule has 148 valence electrons. The van der Waals surface area contributed by atoms with Crippen LogP contribution in [0.2, 0.25) is 13.1 Å². The van der Waals surface area contributed by atoms with Crippen molar-refractivity contribution in [3.05, 3.63) is 136 Å². The van der Waals surface area contributed by atoms with Crippen molar-refractivity contribution < 1.29 is 0 Å². The first-order chi connectivity index (χ1) is 15.1. The van der Waals surface area contributed by atoms with Gasteiger partial charge in [0.1, 0.15) is 0 Å². The average molecular weight is 413 g/mol. The zero-order valence-corrected chi connectivity index (χ0v) is 18.9. The molecule has 3 bridgehead atoms. The summed E-state index contributed by atoms with van der Waals surface area (Å²) >= 11 is 0. The summed E-state index contributed by atoms with van der Waals surface area (Å²) in [4.78, 5) is 0. The molecule has 3 aromatic carbocycles. The van der Waals surface area contributed by atoms with Crippen LogP contribution in [0.4, 0.5) is 0 Å². The third-order valence-corrected chi connectivity index (χ3v) is 14.8. The van der Waals surface area contributed by atoms with Crippen LogP contribution >= 0.6 is 0 Å². The number of benzene rings is 3. The van der Waals surface area contributed by atoms with Crippen molar-refractivity contribution in [2.75, 3.05) is 0 Å². The monoisotopic (exact) mass is 412 g/mol. The Morgan fingerprint density at radius 3 is 2.23 bits per heavy atom. The molecule has 0 radical (unpaired) electrons. The molecule has 0 N–H and O–H groups in total. The average Bonchev–Trinajstić information content (AvgIpc) is 3.24. The molecule has 1 fully saturated rings. The summed E-state index contributed by atoms with van der Waals surface area (Å²) in [5.74, 6) is 0.718. The van der Waals surface area contributed by atoms with Gasteiger partial charge in [-0.25, -0.2) is 0 Å². The van der Waals surface area contributed by atoms with Crippen LogP contribution in [0.15, 0.2) is 103 Å². The smallest absolute Gasteiger partial charge is 0.0754 e. The van der Waals surface area contributed by atoms with Crippen molar-refractivity contribution in [2.45, 2.75) is 35.0 Å². The summed E-state index contributed by atoms with van der Waals surface area (Å²) in [6.45, 7) is 5.31. The molecule has 4 atom stereocenters. The minimum absolute atomic E-state index is 0.0985. The minimum atomic E-state index is -1.80. The Labute approximate surface area is 184 Å². The fourth-order valence-corrected chi connectivity index (χ4v) is 14.7. The highest BCUT2D eigenvalue weighted by atomic mass is 28.3. The Morgan fingerprint density at radius 2 is 1.39 bits per heavy atom. The van der Waals surface area contributed by atoms with Gasteiger partial charge in [-0.1, -0.05) is 110 Å².